The normalized spacial score (nSPS) is 15.8. The Labute approximate surface area is 160 Å². The molecule has 2 heterocycles. The summed E-state index contributed by atoms with van der Waals surface area (Å²) in [5.74, 6) is 1.01. The Kier molecular flexibility index (Phi) is 4.53. The highest BCUT2D eigenvalue weighted by atomic mass is 32.2. The molecule has 0 spiro atoms. The summed E-state index contributed by atoms with van der Waals surface area (Å²) >= 11 is 1.63. The third kappa shape index (κ3) is 3.26. The van der Waals surface area contributed by atoms with E-state index < -0.39 is 6.10 Å². The standard InChI is InChI=1S/C20H18N2O4S/c1-11-19(23)22-15-9-12(7-8-17(15)25-11)21-20(24)18-14(10-27-2)13-5-3-4-6-16(13)26-18/h3-9,11H,10H2,1-2H3,(H,21,24)(H,22,23)/t11-/m0/s1. The number of thioether (sulfide) groups is 1. The zero-order valence-electron chi connectivity index (χ0n) is 14.9. The fourth-order valence-electron chi connectivity index (χ4n) is 3.04. The lowest BCUT2D eigenvalue weighted by Crippen LogP contribution is -2.34. The highest BCUT2D eigenvalue weighted by molar-refractivity contribution is 7.97. The van der Waals surface area contributed by atoms with Crippen molar-refractivity contribution in [1.82, 2.24) is 0 Å². The van der Waals surface area contributed by atoms with Crippen LogP contribution in [0.3, 0.4) is 0 Å². The summed E-state index contributed by atoms with van der Waals surface area (Å²) in [5, 5.41) is 6.56. The number of nitrogens with one attached hydrogen (secondary N) is 2. The molecule has 0 aliphatic carbocycles. The molecule has 3 aromatic rings. The van der Waals surface area contributed by atoms with E-state index in [0.29, 0.717) is 34.2 Å². The van der Waals surface area contributed by atoms with Gasteiger partial charge in [-0.3, -0.25) is 9.59 Å². The van der Waals surface area contributed by atoms with Crippen molar-refractivity contribution in [2.45, 2.75) is 18.8 Å². The van der Waals surface area contributed by atoms with Crippen molar-refractivity contribution in [2.75, 3.05) is 16.9 Å². The van der Waals surface area contributed by atoms with Crippen LogP contribution in [0.4, 0.5) is 11.4 Å². The largest absolute Gasteiger partial charge is 0.479 e. The lowest BCUT2D eigenvalue weighted by atomic mass is 10.1. The number of fused-ring (bicyclic) bond motifs is 2. The van der Waals surface area contributed by atoms with Crippen LogP contribution in [0, 0.1) is 0 Å². The van der Waals surface area contributed by atoms with Crippen molar-refractivity contribution in [3.63, 3.8) is 0 Å². The van der Waals surface area contributed by atoms with E-state index in [4.69, 9.17) is 9.15 Å². The minimum atomic E-state index is -0.539. The number of hydrogen-bond acceptors (Lipinski definition) is 5. The Hall–Kier alpha value is -2.93. The summed E-state index contributed by atoms with van der Waals surface area (Å²) in [6, 6.07) is 12.7. The van der Waals surface area contributed by atoms with E-state index in [1.54, 1.807) is 36.9 Å². The number of para-hydroxylation sites is 1. The third-order valence-corrected chi connectivity index (χ3v) is 4.94. The van der Waals surface area contributed by atoms with Crippen LogP contribution in [0.2, 0.25) is 0 Å². The van der Waals surface area contributed by atoms with E-state index in [1.807, 2.05) is 30.5 Å². The average Bonchev–Trinajstić information content (AvgIpc) is 3.02. The number of benzene rings is 2. The molecular formula is C20H18N2O4S. The van der Waals surface area contributed by atoms with Gasteiger partial charge >= 0.3 is 0 Å². The van der Waals surface area contributed by atoms with Gasteiger partial charge in [-0.2, -0.15) is 11.8 Å². The van der Waals surface area contributed by atoms with Gasteiger partial charge in [0.2, 0.25) is 0 Å². The summed E-state index contributed by atoms with van der Waals surface area (Å²) in [5.41, 5.74) is 2.64. The van der Waals surface area contributed by atoms with Gasteiger partial charge in [0, 0.05) is 22.4 Å². The van der Waals surface area contributed by atoms with E-state index in [2.05, 4.69) is 10.6 Å². The SMILES string of the molecule is CSCc1c(C(=O)Nc2ccc3c(c2)NC(=O)[C@H](C)O3)oc2ccccc12. The van der Waals surface area contributed by atoms with Gasteiger partial charge in [0.15, 0.2) is 11.9 Å². The molecule has 1 aliphatic heterocycles. The zero-order valence-corrected chi connectivity index (χ0v) is 15.7. The minimum Gasteiger partial charge on any atom is -0.479 e. The molecular weight excluding hydrogens is 364 g/mol. The first-order chi connectivity index (χ1) is 13.1. The van der Waals surface area contributed by atoms with Crippen molar-refractivity contribution in [3.05, 3.63) is 53.8 Å². The fraction of sp³-hybridized carbons (Fsp3) is 0.200. The van der Waals surface area contributed by atoms with E-state index >= 15 is 0 Å². The van der Waals surface area contributed by atoms with Crippen molar-refractivity contribution in [2.24, 2.45) is 0 Å². The first-order valence-corrected chi connectivity index (χ1v) is 9.88. The molecule has 7 heteroatoms. The summed E-state index contributed by atoms with van der Waals surface area (Å²) in [6.07, 6.45) is 1.44. The molecule has 27 heavy (non-hydrogen) atoms. The molecule has 4 rings (SSSR count). The minimum absolute atomic E-state index is 0.217. The van der Waals surface area contributed by atoms with Crippen LogP contribution in [0.25, 0.3) is 11.0 Å². The molecule has 0 bridgehead atoms. The Bertz CT molecular complexity index is 1040. The summed E-state index contributed by atoms with van der Waals surface area (Å²) in [7, 11) is 0. The molecule has 1 aromatic heterocycles. The first kappa shape index (κ1) is 17.5. The van der Waals surface area contributed by atoms with Gasteiger partial charge in [-0.05, 0) is 37.4 Å². The van der Waals surface area contributed by atoms with Gasteiger partial charge in [-0.25, -0.2) is 0 Å². The van der Waals surface area contributed by atoms with Crippen molar-refractivity contribution in [3.8, 4) is 5.75 Å². The van der Waals surface area contributed by atoms with Crippen LogP contribution in [-0.4, -0.2) is 24.2 Å². The molecule has 1 atom stereocenters. The van der Waals surface area contributed by atoms with Crippen LogP contribution < -0.4 is 15.4 Å². The second-order valence-electron chi connectivity index (χ2n) is 6.25. The molecule has 138 valence electrons. The summed E-state index contributed by atoms with van der Waals surface area (Å²) < 4.78 is 11.3. The zero-order chi connectivity index (χ0) is 19.0. The number of furan rings is 1. The quantitative estimate of drug-likeness (QED) is 0.704. The maximum Gasteiger partial charge on any atom is 0.291 e. The Balaban J connectivity index is 1.63. The predicted molar refractivity (Wildman–Crippen MR) is 107 cm³/mol. The molecule has 1 aliphatic rings. The van der Waals surface area contributed by atoms with Crippen molar-refractivity contribution < 1.29 is 18.7 Å². The summed E-state index contributed by atoms with van der Waals surface area (Å²) in [4.78, 5) is 24.6. The number of rotatable bonds is 4. The van der Waals surface area contributed by atoms with Crippen LogP contribution in [0.15, 0.2) is 46.9 Å². The van der Waals surface area contributed by atoms with Crippen molar-refractivity contribution in [1.29, 1.82) is 0 Å². The van der Waals surface area contributed by atoms with Crippen LogP contribution in [0.5, 0.6) is 5.75 Å². The Morgan fingerprint density at radius 1 is 1.26 bits per heavy atom. The summed E-state index contributed by atoms with van der Waals surface area (Å²) in [6.45, 7) is 1.68. The number of ether oxygens (including phenoxy) is 1. The molecule has 0 fully saturated rings. The maximum atomic E-state index is 12.8. The van der Waals surface area contributed by atoms with Gasteiger partial charge < -0.3 is 19.8 Å². The average molecular weight is 382 g/mol. The van der Waals surface area contributed by atoms with Crippen LogP contribution >= 0.6 is 11.8 Å². The monoisotopic (exact) mass is 382 g/mol. The second-order valence-corrected chi connectivity index (χ2v) is 7.12. The molecule has 0 saturated carbocycles. The van der Waals surface area contributed by atoms with Gasteiger partial charge in [0.1, 0.15) is 11.3 Å². The Morgan fingerprint density at radius 3 is 2.89 bits per heavy atom. The first-order valence-electron chi connectivity index (χ1n) is 8.49. The second kappa shape index (κ2) is 7.00. The predicted octanol–water partition coefficient (Wildman–Crippen LogP) is 4.27. The molecule has 2 aromatic carbocycles. The van der Waals surface area contributed by atoms with E-state index in [1.165, 1.54) is 0 Å². The van der Waals surface area contributed by atoms with Gasteiger partial charge in [0.25, 0.3) is 11.8 Å². The lowest BCUT2D eigenvalue weighted by Gasteiger charge is -2.23. The highest BCUT2D eigenvalue weighted by Gasteiger charge is 2.24. The number of carbonyl (C=O) groups excluding carboxylic acids is 2. The van der Waals surface area contributed by atoms with Gasteiger partial charge in [-0.1, -0.05) is 18.2 Å². The van der Waals surface area contributed by atoms with E-state index in [0.717, 1.165) is 10.9 Å². The highest BCUT2D eigenvalue weighted by Crippen LogP contribution is 2.33. The molecule has 2 N–H and O–H groups in total. The van der Waals surface area contributed by atoms with Crippen LogP contribution in [-0.2, 0) is 10.5 Å². The number of anilines is 2. The maximum absolute atomic E-state index is 12.8. The van der Waals surface area contributed by atoms with E-state index in [-0.39, 0.29) is 11.8 Å². The molecule has 0 unspecified atom stereocenters. The third-order valence-electron chi connectivity index (χ3n) is 4.36. The van der Waals surface area contributed by atoms with Crippen molar-refractivity contribution >= 4 is 45.9 Å². The molecule has 6 nitrogen and oxygen atoms in total. The fourth-order valence-corrected chi connectivity index (χ4v) is 3.62. The smallest absolute Gasteiger partial charge is 0.291 e. The Morgan fingerprint density at radius 2 is 2.07 bits per heavy atom. The lowest BCUT2D eigenvalue weighted by molar-refractivity contribution is -0.122. The number of carbonyl (C=O) groups is 2. The molecule has 0 saturated heterocycles. The van der Waals surface area contributed by atoms with Crippen LogP contribution in [0.1, 0.15) is 23.0 Å². The molecule has 2 amide bonds. The topological polar surface area (TPSA) is 80.6 Å². The molecule has 0 radical (unpaired) electrons. The van der Waals surface area contributed by atoms with E-state index in [9.17, 15) is 9.59 Å². The number of amides is 2. The van der Waals surface area contributed by atoms with Gasteiger partial charge in [0.05, 0.1) is 5.69 Å². The van der Waals surface area contributed by atoms with Gasteiger partial charge in [-0.15, -0.1) is 0 Å². The number of hydrogen-bond donors (Lipinski definition) is 2.